The van der Waals surface area contributed by atoms with Crippen molar-refractivity contribution in [2.45, 2.75) is 26.3 Å². The van der Waals surface area contributed by atoms with Crippen molar-refractivity contribution >= 4 is 5.91 Å². The van der Waals surface area contributed by atoms with Crippen LogP contribution in [-0.4, -0.2) is 17.4 Å². The molecule has 0 unspecified atom stereocenters. The van der Waals surface area contributed by atoms with E-state index in [-0.39, 0.29) is 5.91 Å². The largest absolute Gasteiger partial charge is 0.352 e. The van der Waals surface area contributed by atoms with Gasteiger partial charge < -0.3 is 11.1 Å². The highest BCUT2D eigenvalue weighted by molar-refractivity contribution is 5.78. The number of nitrogens with two attached hydrogens (primary N) is 1. The van der Waals surface area contributed by atoms with Crippen LogP contribution in [-0.2, 0) is 24.2 Å². The summed E-state index contributed by atoms with van der Waals surface area (Å²) in [6, 6.07) is 12.0. The predicted molar refractivity (Wildman–Crippen MR) is 83.7 cm³/mol. The van der Waals surface area contributed by atoms with Crippen LogP contribution >= 0.6 is 0 Å². The van der Waals surface area contributed by atoms with Crippen molar-refractivity contribution in [2.75, 3.05) is 6.54 Å². The van der Waals surface area contributed by atoms with Crippen LogP contribution < -0.4 is 11.1 Å². The molecule has 0 spiro atoms. The molecule has 0 atom stereocenters. The molecule has 0 fully saturated rings. The number of rotatable bonds is 6. The van der Waals surface area contributed by atoms with Crippen molar-refractivity contribution < 1.29 is 4.79 Å². The summed E-state index contributed by atoms with van der Waals surface area (Å²) in [5.74, 6) is -0.0113. The van der Waals surface area contributed by atoms with Crippen molar-refractivity contribution in [3.63, 3.8) is 0 Å². The number of nitrogens with one attached hydrogen (secondary N) is 1. The maximum absolute atomic E-state index is 11.9. The Morgan fingerprint density at radius 3 is 2.57 bits per heavy atom. The van der Waals surface area contributed by atoms with Crippen LogP contribution in [0.15, 0.2) is 42.6 Å². The number of amides is 1. The Morgan fingerprint density at radius 1 is 1.19 bits per heavy atom. The van der Waals surface area contributed by atoms with Gasteiger partial charge in [-0.05, 0) is 42.6 Å². The molecule has 0 aliphatic rings. The third-order valence-electron chi connectivity index (χ3n) is 3.39. The molecule has 0 aliphatic carbocycles. The highest BCUT2D eigenvalue weighted by Crippen LogP contribution is 2.06. The van der Waals surface area contributed by atoms with E-state index < -0.39 is 0 Å². The predicted octanol–water partition coefficient (Wildman–Crippen LogP) is 1.75. The number of nitrogens with zero attached hydrogens (tertiary/aromatic N) is 1. The Labute approximate surface area is 125 Å². The molecule has 1 aromatic carbocycles. The molecule has 0 saturated carbocycles. The summed E-state index contributed by atoms with van der Waals surface area (Å²) in [6.07, 6.45) is 2.91. The summed E-state index contributed by atoms with van der Waals surface area (Å²) in [4.78, 5) is 16.2. The average molecular weight is 283 g/mol. The fraction of sp³-hybridized carbons (Fsp3) is 0.294. The molecule has 2 aromatic rings. The van der Waals surface area contributed by atoms with Crippen LogP contribution in [0.25, 0.3) is 0 Å². The summed E-state index contributed by atoms with van der Waals surface area (Å²) in [6.45, 7) is 3.15. The van der Waals surface area contributed by atoms with Crippen molar-refractivity contribution in [1.82, 2.24) is 10.3 Å². The summed E-state index contributed by atoms with van der Waals surface area (Å²) in [5.41, 5.74) is 9.69. The van der Waals surface area contributed by atoms with Gasteiger partial charge in [0.2, 0.25) is 5.91 Å². The van der Waals surface area contributed by atoms with Gasteiger partial charge in [-0.1, -0.05) is 30.3 Å². The Bertz CT molecular complexity index is 593. The van der Waals surface area contributed by atoms with Crippen molar-refractivity contribution in [3.8, 4) is 0 Å². The highest BCUT2D eigenvalue weighted by Gasteiger charge is 2.06. The summed E-state index contributed by atoms with van der Waals surface area (Å²) >= 11 is 0. The first kappa shape index (κ1) is 15.2. The average Bonchev–Trinajstić information content (AvgIpc) is 2.49. The number of hydrogen-bond acceptors (Lipinski definition) is 3. The Morgan fingerprint density at radius 2 is 1.90 bits per heavy atom. The minimum absolute atomic E-state index is 0.0113. The smallest absolute Gasteiger partial charge is 0.226 e. The molecular formula is C17H21N3O. The number of pyridine rings is 1. The molecular weight excluding hydrogens is 262 g/mol. The second-order valence-corrected chi connectivity index (χ2v) is 5.08. The van der Waals surface area contributed by atoms with E-state index in [9.17, 15) is 4.79 Å². The zero-order valence-electron chi connectivity index (χ0n) is 12.3. The van der Waals surface area contributed by atoms with Crippen LogP contribution in [0.2, 0.25) is 0 Å². The lowest BCUT2D eigenvalue weighted by molar-refractivity contribution is -0.120. The Kier molecular flexibility index (Phi) is 5.46. The maximum Gasteiger partial charge on any atom is 0.226 e. The Hall–Kier alpha value is -2.20. The number of carbonyl (C=O) groups excluding carboxylic acids is 1. The van der Waals surface area contributed by atoms with Gasteiger partial charge in [0.1, 0.15) is 0 Å². The lowest BCUT2D eigenvalue weighted by Gasteiger charge is -2.07. The fourth-order valence-electron chi connectivity index (χ4n) is 2.11. The van der Waals surface area contributed by atoms with Gasteiger partial charge in [0.15, 0.2) is 0 Å². The molecule has 110 valence electrons. The van der Waals surface area contributed by atoms with Crippen LogP contribution in [0.5, 0.6) is 0 Å². The van der Waals surface area contributed by atoms with Gasteiger partial charge in [-0.25, -0.2) is 0 Å². The van der Waals surface area contributed by atoms with E-state index in [1.165, 1.54) is 5.56 Å². The van der Waals surface area contributed by atoms with E-state index in [1.807, 2.05) is 31.2 Å². The van der Waals surface area contributed by atoms with Gasteiger partial charge in [0, 0.05) is 12.7 Å². The van der Waals surface area contributed by atoms with Crippen molar-refractivity contribution in [1.29, 1.82) is 0 Å². The molecule has 0 saturated heterocycles. The van der Waals surface area contributed by atoms with Gasteiger partial charge >= 0.3 is 0 Å². The summed E-state index contributed by atoms with van der Waals surface area (Å²) in [7, 11) is 0. The minimum Gasteiger partial charge on any atom is -0.352 e. The van der Waals surface area contributed by atoms with Crippen molar-refractivity contribution in [2.24, 2.45) is 5.73 Å². The SMILES string of the molecule is Cc1cccnc1CC(=O)NCc1ccc(CCN)cc1. The Balaban J connectivity index is 1.85. The third-order valence-corrected chi connectivity index (χ3v) is 3.39. The van der Waals surface area contributed by atoms with E-state index in [0.717, 1.165) is 23.2 Å². The number of aromatic nitrogens is 1. The van der Waals surface area contributed by atoms with E-state index >= 15 is 0 Å². The van der Waals surface area contributed by atoms with Crippen LogP contribution in [0.1, 0.15) is 22.4 Å². The molecule has 21 heavy (non-hydrogen) atoms. The molecule has 4 nitrogen and oxygen atoms in total. The van der Waals surface area contributed by atoms with Gasteiger partial charge in [0.25, 0.3) is 0 Å². The molecule has 0 radical (unpaired) electrons. The molecule has 1 aromatic heterocycles. The zero-order valence-corrected chi connectivity index (χ0v) is 12.3. The van der Waals surface area contributed by atoms with E-state index in [4.69, 9.17) is 5.73 Å². The zero-order chi connectivity index (χ0) is 15.1. The monoisotopic (exact) mass is 283 g/mol. The van der Waals surface area contributed by atoms with Gasteiger partial charge in [-0.2, -0.15) is 0 Å². The second-order valence-electron chi connectivity index (χ2n) is 5.08. The molecule has 0 bridgehead atoms. The third kappa shape index (κ3) is 4.68. The summed E-state index contributed by atoms with van der Waals surface area (Å²) < 4.78 is 0. The van der Waals surface area contributed by atoms with Gasteiger partial charge in [-0.3, -0.25) is 9.78 Å². The van der Waals surface area contributed by atoms with Crippen LogP contribution in [0, 0.1) is 6.92 Å². The first-order chi connectivity index (χ1) is 10.2. The molecule has 1 amide bonds. The van der Waals surface area contributed by atoms with Gasteiger partial charge in [-0.15, -0.1) is 0 Å². The number of benzene rings is 1. The first-order valence-electron chi connectivity index (χ1n) is 7.14. The standard InChI is InChI=1S/C17H21N3O/c1-13-3-2-10-19-16(13)11-17(21)20-12-15-6-4-14(5-7-15)8-9-18/h2-7,10H,8-9,11-12,18H2,1H3,(H,20,21). The molecule has 3 N–H and O–H groups in total. The van der Waals surface area contributed by atoms with E-state index in [0.29, 0.717) is 19.5 Å². The molecule has 1 heterocycles. The van der Waals surface area contributed by atoms with E-state index in [2.05, 4.69) is 22.4 Å². The van der Waals surface area contributed by atoms with Crippen LogP contribution in [0.3, 0.4) is 0 Å². The topological polar surface area (TPSA) is 68.0 Å². The normalized spacial score (nSPS) is 10.4. The fourth-order valence-corrected chi connectivity index (χ4v) is 2.11. The van der Waals surface area contributed by atoms with Gasteiger partial charge in [0.05, 0.1) is 12.1 Å². The second kappa shape index (κ2) is 7.55. The lowest BCUT2D eigenvalue weighted by Crippen LogP contribution is -2.25. The minimum atomic E-state index is -0.0113. The van der Waals surface area contributed by atoms with E-state index in [1.54, 1.807) is 6.20 Å². The van der Waals surface area contributed by atoms with Crippen LogP contribution in [0.4, 0.5) is 0 Å². The maximum atomic E-state index is 11.9. The molecule has 2 rings (SSSR count). The number of hydrogen-bond donors (Lipinski definition) is 2. The first-order valence-corrected chi connectivity index (χ1v) is 7.14. The lowest BCUT2D eigenvalue weighted by atomic mass is 10.1. The number of carbonyl (C=O) groups is 1. The quantitative estimate of drug-likeness (QED) is 0.848. The highest BCUT2D eigenvalue weighted by atomic mass is 16.1. The summed E-state index contributed by atoms with van der Waals surface area (Å²) in [5, 5.41) is 2.92. The number of aryl methyl sites for hydroxylation is 1. The van der Waals surface area contributed by atoms with Crippen molar-refractivity contribution in [3.05, 3.63) is 65.0 Å². The molecule has 4 heteroatoms. The molecule has 0 aliphatic heterocycles.